The Labute approximate surface area is 109 Å². The van der Waals surface area contributed by atoms with Gasteiger partial charge < -0.3 is 10.6 Å². The van der Waals surface area contributed by atoms with Crippen LogP contribution in [0.5, 0.6) is 0 Å². The number of hydrogen-bond acceptors (Lipinski definition) is 5. The second kappa shape index (κ2) is 6.54. The molecule has 1 aromatic rings. The van der Waals surface area contributed by atoms with Crippen LogP contribution in [0.25, 0.3) is 0 Å². The van der Waals surface area contributed by atoms with Gasteiger partial charge in [0.2, 0.25) is 0 Å². The van der Waals surface area contributed by atoms with Gasteiger partial charge in [0.15, 0.2) is 0 Å². The molecule has 0 amide bonds. The van der Waals surface area contributed by atoms with Crippen LogP contribution in [0.4, 0.5) is 11.6 Å². The van der Waals surface area contributed by atoms with E-state index in [2.05, 4.69) is 32.4 Å². The number of aromatic nitrogens is 2. The molecule has 0 bridgehead atoms. The van der Waals surface area contributed by atoms with Crippen LogP contribution in [-0.2, 0) is 0 Å². The van der Waals surface area contributed by atoms with Crippen LogP contribution in [0.3, 0.4) is 0 Å². The quantitative estimate of drug-likeness (QED) is 0.833. The topological polar surface area (TPSA) is 53.1 Å². The molecule has 1 unspecified atom stereocenters. The van der Waals surface area contributed by atoms with Gasteiger partial charge in [-0.25, -0.2) is 9.97 Å². The van der Waals surface area contributed by atoms with Gasteiger partial charge in [0, 0.05) is 25.7 Å². The Morgan fingerprint density at radius 1 is 1.22 bits per heavy atom. The smallest absolute Gasteiger partial charge is 0.131 e. The zero-order valence-electron chi connectivity index (χ0n) is 11.3. The second-order valence-corrected chi connectivity index (χ2v) is 4.87. The molecule has 0 aromatic carbocycles. The van der Waals surface area contributed by atoms with Gasteiger partial charge in [-0.05, 0) is 32.9 Å². The number of anilines is 2. The largest absolute Gasteiger partial charge is 0.373 e. The van der Waals surface area contributed by atoms with E-state index in [0.717, 1.165) is 18.2 Å². The van der Waals surface area contributed by atoms with Crippen LogP contribution in [0.1, 0.15) is 26.2 Å². The summed E-state index contributed by atoms with van der Waals surface area (Å²) in [7, 11) is 1.86. The van der Waals surface area contributed by atoms with Crippen molar-refractivity contribution in [2.24, 2.45) is 0 Å². The van der Waals surface area contributed by atoms with E-state index in [1.54, 1.807) is 6.33 Å². The van der Waals surface area contributed by atoms with E-state index < -0.39 is 0 Å². The average Bonchev–Trinajstić information content (AvgIpc) is 2.46. The fourth-order valence-electron chi connectivity index (χ4n) is 2.33. The summed E-state index contributed by atoms with van der Waals surface area (Å²) in [5.41, 5.74) is 0. The lowest BCUT2D eigenvalue weighted by atomic mass is 10.1. The van der Waals surface area contributed by atoms with E-state index in [9.17, 15) is 0 Å². The van der Waals surface area contributed by atoms with Gasteiger partial charge in [-0.1, -0.05) is 6.42 Å². The summed E-state index contributed by atoms with van der Waals surface area (Å²) in [6.45, 7) is 5.67. The number of hydrogen-bond donors (Lipinski definition) is 2. The van der Waals surface area contributed by atoms with Crippen LogP contribution in [0.2, 0.25) is 0 Å². The fourth-order valence-corrected chi connectivity index (χ4v) is 2.33. The average molecular weight is 249 g/mol. The normalized spacial score (nSPS) is 18.3. The van der Waals surface area contributed by atoms with Crippen molar-refractivity contribution < 1.29 is 0 Å². The molecule has 1 aliphatic rings. The van der Waals surface area contributed by atoms with Crippen molar-refractivity contribution >= 4 is 11.6 Å². The minimum Gasteiger partial charge on any atom is -0.373 e. The molecule has 0 radical (unpaired) electrons. The summed E-state index contributed by atoms with van der Waals surface area (Å²) in [6, 6.07) is 2.49. The van der Waals surface area contributed by atoms with E-state index >= 15 is 0 Å². The Kier molecular flexibility index (Phi) is 4.75. The summed E-state index contributed by atoms with van der Waals surface area (Å²) in [5, 5.41) is 6.40. The van der Waals surface area contributed by atoms with Crippen molar-refractivity contribution in [1.82, 2.24) is 14.9 Å². The molecule has 1 aromatic heterocycles. The molecule has 0 saturated carbocycles. The SMILES string of the molecule is CNc1cc(NCC(C)N2CCCCC2)ncn1. The Morgan fingerprint density at radius 3 is 2.67 bits per heavy atom. The minimum absolute atomic E-state index is 0.554. The van der Waals surface area contributed by atoms with Crippen LogP contribution >= 0.6 is 0 Å². The zero-order chi connectivity index (χ0) is 12.8. The molecule has 2 rings (SSSR count). The predicted molar refractivity (Wildman–Crippen MR) is 75.0 cm³/mol. The van der Waals surface area contributed by atoms with E-state index in [-0.39, 0.29) is 0 Å². The highest BCUT2D eigenvalue weighted by atomic mass is 15.2. The molecule has 2 N–H and O–H groups in total. The van der Waals surface area contributed by atoms with Crippen molar-refractivity contribution in [3.05, 3.63) is 12.4 Å². The van der Waals surface area contributed by atoms with Gasteiger partial charge in [-0.15, -0.1) is 0 Å². The van der Waals surface area contributed by atoms with Crippen molar-refractivity contribution in [1.29, 1.82) is 0 Å². The fraction of sp³-hybridized carbons (Fsp3) is 0.692. The van der Waals surface area contributed by atoms with Crippen molar-refractivity contribution in [3.8, 4) is 0 Å². The maximum atomic E-state index is 4.22. The van der Waals surface area contributed by atoms with Crippen LogP contribution in [-0.4, -0.2) is 47.6 Å². The molecule has 1 aliphatic heterocycles. The molecule has 1 saturated heterocycles. The molecule has 2 heterocycles. The van der Waals surface area contributed by atoms with E-state index in [1.807, 2.05) is 13.1 Å². The second-order valence-electron chi connectivity index (χ2n) is 4.87. The minimum atomic E-state index is 0.554. The summed E-state index contributed by atoms with van der Waals surface area (Å²) >= 11 is 0. The van der Waals surface area contributed by atoms with Crippen molar-refractivity contribution in [2.75, 3.05) is 37.3 Å². The third-order valence-electron chi connectivity index (χ3n) is 3.52. The summed E-state index contributed by atoms with van der Waals surface area (Å²) in [4.78, 5) is 10.9. The third-order valence-corrected chi connectivity index (χ3v) is 3.52. The van der Waals surface area contributed by atoms with Crippen molar-refractivity contribution in [2.45, 2.75) is 32.2 Å². The molecule has 100 valence electrons. The monoisotopic (exact) mass is 249 g/mol. The molecule has 18 heavy (non-hydrogen) atoms. The first kappa shape index (κ1) is 13.1. The first-order valence-electron chi connectivity index (χ1n) is 6.77. The predicted octanol–water partition coefficient (Wildman–Crippen LogP) is 1.80. The number of nitrogens with zero attached hydrogens (tertiary/aromatic N) is 3. The molecule has 1 atom stereocenters. The lowest BCUT2D eigenvalue weighted by Crippen LogP contribution is -2.41. The van der Waals surface area contributed by atoms with Gasteiger partial charge in [-0.3, -0.25) is 4.90 Å². The molecule has 0 spiro atoms. The molecule has 0 aliphatic carbocycles. The molecular formula is C13H23N5. The van der Waals surface area contributed by atoms with Gasteiger partial charge in [0.25, 0.3) is 0 Å². The third kappa shape index (κ3) is 3.57. The Bertz CT molecular complexity index is 362. The summed E-state index contributed by atoms with van der Waals surface area (Å²) in [6.07, 6.45) is 5.64. The van der Waals surface area contributed by atoms with Crippen LogP contribution in [0.15, 0.2) is 12.4 Å². The van der Waals surface area contributed by atoms with Gasteiger partial charge in [0.05, 0.1) is 0 Å². The Balaban J connectivity index is 1.82. The van der Waals surface area contributed by atoms with Gasteiger partial charge >= 0.3 is 0 Å². The Hall–Kier alpha value is -1.36. The summed E-state index contributed by atoms with van der Waals surface area (Å²) in [5.74, 6) is 1.73. The highest BCUT2D eigenvalue weighted by Crippen LogP contribution is 2.13. The van der Waals surface area contributed by atoms with Gasteiger partial charge in [-0.2, -0.15) is 0 Å². The van der Waals surface area contributed by atoms with Crippen molar-refractivity contribution in [3.63, 3.8) is 0 Å². The van der Waals surface area contributed by atoms with Crippen LogP contribution in [0, 0.1) is 0 Å². The zero-order valence-corrected chi connectivity index (χ0v) is 11.3. The maximum Gasteiger partial charge on any atom is 0.131 e. The number of rotatable bonds is 5. The van der Waals surface area contributed by atoms with Crippen LogP contribution < -0.4 is 10.6 Å². The van der Waals surface area contributed by atoms with Gasteiger partial charge in [0.1, 0.15) is 18.0 Å². The molecule has 5 nitrogen and oxygen atoms in total. The summed E-state index contributed by atoms with van der Waals surface area (Å²) < 4.78 is 0. The highest BCUT2D eigenvalue weighted by Gasteiger charge is 2.16. The maximum absolute atomic E-state index is 4.22. The number of piperidine rings is 1. The lowest BCUT2D eigenvalue weighted by molar-refractivity contribution is 0.180. The lowest BCUT2D eigenvalue weighted by Gasteiger charge is -2.32. The first-order chi connectivity index (χ1) is 8.79. The number of nitrogens with one attached hydrogen (secondary N) is 2. The standard InChI is InChI=1S/C13H23N5/c1-11(18-6-4-3-5-7-18)9-15-13-8-12(14-2)16-10-17-13/h8,10-11H,3-7,9H2,1-2H3,(H2,14,15,16,17). The van der Waals surface area contributed by atoms with E-state index in [4.69, 9.17) is 0 Å². The van der Waals surface area contributed by atoms with E-state index in [1.165, 1.54) is 32.4 Å². The Morgan fingerprint density at radius 2 is 1.94 bits per heavy atom. The van der Waals surface area contributed by atoms with E-state index in [0.29, 0.717) is 6.04 Å². The molecular weight excluding hydrogens is 226 g/mol. The molecule has 1 fully saturated rings. The number of likely N-dealkylation sites (tertiary alicyclic amines) is 1. The first-order valence-corrected chi connectivity index (χ1v) is 6.77. The highest BCUT2D eigenvalue weighted by molar-refractivity contribution is 5.45. The molecule has 5 heteroatoms.